The first-order valence-corrected chi connectivity index (χ1v) is 6.43. The van der Waals surface area contributed by atoms with Gasteiger partial charge in [0.1, 0.15) is 0 Å². The maximum absolute atomic E-state index is 5.55. The Kier molecular flexibility index (Phi) is 4.16. The van der Waals surface area contributed by atoms with Crippen molar-refractivity contribution in [1.29, 1.82) is 0 Å². The second-order valence-electron chi connectivity index (χ2n) is 4.13. The van der Waals surface area contributed by atoms with Crippen molar-refractivity contribution in [3.05, 3.63) is 46.0 Å². The fourth-order valence-electron chi connectivity index (χ4n) is 1.93. The second-order valence-corrected chi connectivity index (χ2v) is 4.98. The largest absolute Gasteiger partial charge is 0.330 e. The molecule has 0 unspecified atom stereocenters. The van der Waals surface area contributed by atoms with Crippen molar-refractivity contribution in [2.45, 2.75) is 13.0 Å². The van der Waals surface area contributed by atoms with Crippen LogP contribution in [0.5, 0.6) is 0 Å². The average molecular weight is 281 g/mol. The van der Waals surface area contributed by atoms with E-state index in [9.17, 15) is 0 Å². The van der Waals surface area contributed by atoms with Crippen LogP contribution in [0.25, 0.3) is 0 Å². The van der Waals surface area contributed by atoms with Gasteiger partial charge < -0.3 is 5.73 Å². The molecule has 0 atom stereocenters. The first-order valence-electron chi connectivity index (χ1n) is 5.64. The summed E-state index contributed by atoms with van der Waals surface area (Å²) in [6, 6.07) is 6.57. The fraction of sp³-hybridized carbons (Fsp3) is 0.385. The molecule has 0 spiro atoms. The van der Waals surface area contributed by atoms with Crippen molar-refractivity contribution in [2.24, 2.45) is 5.73 Å². The first kappa shape index (κ1) is 11.8. The Labute approximate surface area is 105 Å². The van der Waals surface area contributed by atoms with Gasteiger partial charge in [0, 0.05) is 24.1 Å². The molecule has 0 fully saturated rings. The standard InChI is InChI=1S/C13H17BrN2/c14-13-9-11(5-6-15)3-4-12(13)10-16-7-1-2-8-16/h1-4,9H,5-8,10,15H2. The Bertz CT molecular complexity index is 380. The van der Waals surface area contributed by atoms with Gasteiger partial charge >= 0.3 is 0 Å². The molecule has 1 aromatic carbocycles. The van der Waals surface area contributed by atoms with E-state index in [4.69, 9.17) is 5.73 Å². The predicted octanol–water partition coefficient (Wildman–Crippen LogP) is 2.32. The van der Waals surface area contributed by atoms with Gasteiger partial charge in [0.2, 0.25) is 0 Å². The minimum atomic E-state index is 0.710. The van der Waals surface area contributed by atoms with E-state index in [2.05, 4.69) is 51.2 Å². The van der Waals surface area contributed by atoms with Crippen LogP contribution in [0, 0.1) is 0 Å². The third kappa shape index (κ3) is 2.94. The zero-order valence-electron chi connectivity index (χ0n) is 9.32. The molecule has 0 radical (unpaired) electrons. The summed E-state index contributed by atoms with van der Waals surface area (Å²) >= 11 is 3.64. The molecule has 86 valence electrons. The summed E-state index contributed by atoms with van der Waals surface area (Å²) in [7, 11) is 0. The minimum Gasteiger partial charge on any atom is -0.330 e. The highest BCUT2D eigenvalue weighted by Gasteiger charge is 2.09. The van der Waals surface area contributed by atoms with Crippen molar-refractivity contribution in [3.63, 3.8) is 0 Å². The molecular weight excluding hydrogens is 264 g/mol. The maximum atomic E-state index is 5.55. The normalized spacial score (nSPS) is 15.9. The van der Waals surface area contributed by atoms with Crippen LogP contribution in [0.3, 0.4) is 0 Å². The molecule has 1 heterocycles. The molecule has 0 bridgehead atoms. The topological polar surface area (TPSA) is 29.3 Å². The highest BCUT2D eigenvalue weighted by molar-refractivity contribution is 9.10. The monoisotopic (exact) mass is 280 g/mol. The molecule has 0 amide bonds. The molecule has 1 aliphatic rings. The molecule has 0 aromatic heterocycles. The lowest BCUT2D eigenvalue weighted by atomic mass is 10.1. The third-order valence-electron chi connectivity index (χ3n) is 2.84. The molecule has 16 heavy (non-hydrogen) atoms. The molecule has 0 saturated carbocycles. The van der Waals surface area contributed by atoms with Gasteiger partial charge in [-0.15, -0.1) is 0 Å². The Morgan fingerprint density at radius 1 is 1.25 bits per heavy atom. The van der Waals surface area contributed by atoms with E-state index in [1.54, 1.807) is 0 Å². The molecule has 0 saturated heterocycles. The van der Waals surface area contributed by atoms with Crippen molar-refractivity contribution in [3.8, 4) is 0 Å². The van der Waals surface area contributed by atoms with Gasteiger partial charge in [0.25, 0.3) is 0 Å². The SMILES string of the molecule is NCCc1ccc(CN2CC=CC2)c(Br)c1. The summed E-state index contributed by atoms with van der Waals surface area (Å²) in [6.45, 7) is 3.85. The molecule has 3 heteroatoms. The zero-order valence-corrected chi connectivity index (χ0v) is 10.9. The lowest BCUT2D eigenvalue weighted by molar-refractivity contribution is 0.344. The summed E-state index contributed by atoms with van der Waals surface area (Å²) < 4.78 is 1.20. The van der Waals surface area contributed by atoms with E-state index >= 15 is 0 Å². The Morgan fingerprint density at radius 2 is 2.00 bits per heavy atom. The summed E-state index contributed by atoms with van der Waals surface area (Å²) in [5.41, 5.74) is 8.20. The number of nitrogens with two attached hydrogens (primary N) is 1. The number of hydrogen-bond donors (Lipinski definition) is 1. The Balaban J connectivity index is 2.03. The Morgan fingerprint density at radius 3 is 2.62 bits per heavy atom. The van der Waals surface area contributed by atoms with Crippen LogP contribution in [0.1, 0.15) is 11.1 Å². The average Bonchev–Trinajstić information content (AvgIpc) is 2.75. The molecule has 0 aliphatic carbocycles. The van der Waals surface area contributed by atoms with Crippen molar-refractivity contribution >= 4 is 15.9 Å². The highest BCUT2D eigenvalue weighted by Crippen LogP contribution is 2.21. The number of rotatable bonds is 4. The van der Waals surface area contributed by atoms with E-state index < -0.39 is 0 Å². The van der Waals surface area contributed by atoms with Gasteiger partial charge in [0.05, 0.1) is 0 Å². The zero-order chi connectivity index (χ0) is 11.4. The molecular formula is C13H17BrN2. The van der Waals surface area contributed by atoms with E-state index in [1.165, 1.54) is 15.6 Å². The van der Waals surface area contributed by atoms with Crippen LogP contribution in [0.15, 0.2) is 34.8 Å². The highest BCUT2D eigenvalue weighted by atomic mass is 79.9. The maximum Gasteiger partial charge on any atom is 0.0251 e. The quantitative estimate of drug-likeness (QED) is 0.858. The summed E-state index contributed by atoms with van der Waals surface area (Å²) in [5.74, 6) is 0. The van der Waals surface area contributed by atoms with Crippen LogP contribution >= 0.6 is 15.9 Å². The number of nitrogens with zero attached hydrogens (tertiary/aromatic N) is 1. The Hall–Kier alpha value is -0.640. The van der Waals surface area contributed by atoms with Crippen LogP contribution in [-0.2, 0) is 13.0 Å². The lowest BCUT2D eigenvalue weighted by Crippen LogP contribution is -2.19. The van der Waals surface area contributed by atoms with Crippen molar-refractivity contribution < 1.29 is 0 Å². The van der Waals surface area contributed by atoms with Crippen molar-refractivity contribution in [1.82, 2.24) is 4.90 Å². The smallest absolute Gasteiger partial charge is 0.0251 e. The predicted molar refractivity (Wildman–Crippen MR) is 71.3 cm³/mol. The molecule has 2 N–H and O–H groups in total. The van der Waals surface area contributed by atoms with Gasteiger partial charge in [-0.05, 0) is 30.2 Å². The van der Waals surface area contributed by atoms with Gasteiger partial charge in [0.15, 0.2) is 0 Å². The number of halogens is 1. The van der Waals surface area contributed by atoms with E-state index in [0.717, 1.165) is 26.1 Å². The van der Waals surface area contributed by atoms with Gasteiger partial charge in [-0.2, -0.15) is 0 Å². The molecule has 1 aliphatic heterocycles. The van der Waals surface area contributed by atoms with Crippen LogP contribution in [-0.4, -0.2) is 24.5 Å². The third-order valence-corrected chi connectivity index (χ3v) is 3.58. The van der Waals surface area contributed by atoms with Gasteiger partial charge in [-0.25, -0.2) is 0 Å². The van der Waals surface area contributed by atoms with Gasteiger partial charge in [-0.1, -0.05) is 40.2 Å². The number of benzene rings is 1. The summed E-state index contributed by atoms with van der Waals surface area (Å²) in [5, 5.41) is 0. The van der Waals surface area contributed by atoms with Gasteiger partial charge in [-0.3, -0.25) is 4.90 Å². The number of hydrogen-bond acceptors (Lipinski definition) is 2. The van der Waals surface area contributed by atoms with E-state index in [0.29, 0.717) is 6.54 Å². The lowest BCUT2D eigenvalue weighted by Gasteiger charge is -2.16. The van der Waals surface area contributed by atoms with E-state index in [1.807, 2.05) is 0 Å². The summed E-state index contributed by atoms with van der Waals surface area (Å²) in [4.78, 5) is 2.41. The minimum absolute atomic E-state index is 0.710. The summed E-state index contributed by atoms with van der Waals surface area (Å²) in [6.07, 6.45) is 5.39. The molecule has 2 nitrogen and oxygen atoms in total. The van der Waals surface area contributed by atoms with Crippen LogP contribution < -0.4 is 5.73 Å². The van der Waals surface area contributed by atoms with Crippen LogP contribution in [0.4, 0.5) is 0 Å². The van der Waals surface area contributed by atoms with Crippen LogP contribution in [0.2, 0.25) is 0 Å². The molecule has 2 rings (SSSR count). The first-order chi connectivity index (χ1) is 7.79. The fourth-order valence-corrected chi connectivity index (χ4v) is 2.48. The molecule has 1 aromatic rings. The van der Waals surface area contributed by atoms with Crippen molar-refractivity contribution in [2.75, 3.05) is 19.6 Å². The van der Waals surface area contributed by atoms with E-state index in [-0.39, 0.29) is 0 Å². The second kappa shape index (κ2) is 5.62.